The highest BCUT2D eigenvalue weighted by Crippen LogP contribution is 2.13. The van der Waals surface area contributed by atoms with E-state index in [9.17, 15) is 13.2 Å². The molecule has 0 aromatic carbocycles. The van der Waals surface area contributed by atoms with Gasteiger partial charge in [-0.2, -0.15) is 8.42 Å². The van der Waals surface area contributed by atoms with Crippen LogP contribution in [0.15, 0.2) is 0 Å². The summed E-state index contributed by atoms with van der Waals surface area (Å²) in [6.07, 6.45) is 17.9. The number of aliphatic hydroxyl groups is 1. The third-order valence-electron chi connectivity index (χ3n) is 4.71. The van der Waals surface area contributed by atoms with Crippen molar-refractivity contribution in [1.82, 2.24) is 0 Å². The molecule has 0 amide bonds. The molecule has 0 aliphatic heterocycles. The van der Waals surface area contributed by atoms with Crippen molar-refractivity contribution >= 4 is 16.2 Å². The van der Waals surface area contributed by atoms with Gasteiger partial charge in [0.05, 0.1) is 19.8 Å². The van der Waals surface area contributed by atoms with Gasteiger partial charge in [0.25, 0.3) is 0 Å². The van der Waals surface area contributed by atoms with Crippen LogP contribution < -0.4 is 0 Å². The largest absolute Gasteiger partial charge is 0.399 e. The quantitative estimate of drug-likeness (QED) is 0.244. The highest BCUT2D eigenvalue weighted by molar-refractivity contribution is 7.81. The monoisotopic (exact) mass is 422 g/mol. The minimum atomic E-state index is -4.05. The Morgan fingerprint density at radius 3 is 1.61 bits per heavy atom. The van der Waals surface area contributed by atoms with Gasteiger partial charge in [-0.05, 0) is 12.8 Å². The summed E-state index contributed by atoms with van der Waals surface area (Å²) >= 11 is 0. The van der Waals surface area contributed by atoms with E-state index >= 15 is 0 Å². The van der Waals surface area contributed by atoms with Crippen LogP contribution in [0.4, 0.5) is 0 Å². The summed E-state index contributed by atoms with van der Waals surface area (Å²) in [6, 6.07) is 0. The van der Waals surface area contributed by atoms with Crippen LogP contribution in [0, 0.1) is 0 Å². The number of unbranched alkanes of at least 4 members (excludes halogenated alkanes) is 12. The highest BCUT2D eigenvalue weighted by atomic mass is 32.3. The molecule has 0 spiro atoms. The fourth-order valence-electron chi connectivity index (χ4n) is 3.07. The predicted octanol–water partition coefficient (Wildman–Crippen LogP) is 5.09. The zero-order valence-corrected chi connectivity index (χ0v) is 18.6. The molecule has 0 aliphatic carbocycles. The van der Waals surface area contributed by atoms with E-state index in [0.29, 0.717) is 19.3 Å². The van der Waals surface area contributed by atoms with Crippen LogP contribution in [0.5, 0.6) is 0 Å². The average molecular weight is 423 g/mol. The van der Waals surface area contributed by atoms with Gasteiger partial charge in [-0.3, -0.25) is 4.79 Å². The molecule has 0 fully saturated rings. The number of Topliss-reactive ketones (excluding diaryl/α,β-unsaturated/α-hetero) is 1. The molecule has 0 radical (unpaired) electrons. The Balaban J connectivity index is 3.33. The number of ketones is 1. The van der Waals surface area contributed by atoms with E-state index in [4.69, 9.17) is 5.11 Å². The van der Waals surface area contributed by atoms with Gasteiger partial charge in [0.1, 0.15) is 5.78 Å². The summed E-state index contributed by atoms with van der Waals surface area (Å²) in [7, 11) is -4.05. The van der Waals surface area contributed by atoms with Gasteiger partial charge in [-0.25, -0.2) is 8.37 Å². The Bertz CT molecular complexity index is 450. The molecule has 0 aromatic rings. The van der Waals surface area contributed by atoms with Crippen LogP contribution in [0.3, 0.4) is 0 Å². The second-order valence-corrected chi connectivity index (χ2v) is 8.70. The molecule has 0 rings (SSSR count). The number of carbonyl (C=O) groups is 1. The molecule has 0 heterocycles. The van der Waals surface area contributed by atoms with Gasteiger partial charge in [0.2, 0.25) is 0 Å². The molecular weight excluding hydrogens is 380 g/mol. The van der Waals surface area contributed by atoms with Crippen molar-refractivity contribution in [3.8, 4) is 0 Å². The standard InChI is InChI=1S/C21H42O6S/c1-2-3-4-5-6-7-8-9-10-11-12-13-14-16-21(23)17-15-19-26-28(24,25)27-20-18-22/h22H,2-20H2,1H3. The third-order valence-corrected chi connectivity index (χ3v) is 5.62. The van der Waals surface area contributed by atoms with E-state index in [1.807, 2.05) is 0 Å². The Morgan fingerprint density at radius 1 is 0.679 bits per heavy atom. The van der Waals surface area contributed by atoms with Crippen molar-refractivity contribution in [2.45, 2.75) is 110 Å². The smallest absolute Gasteiger partial charge is 0.394 e. The van der Waals surface area contributed by atoms with E-state index in [2.05, 4.69) is 15.3 Å². The van der Waals surface area contributed by atoms with Crippen LogP contribution in [-0.2, 0) is 23.6 Å². The van der Waals surface area contributed by atoms with E-state index in [1.54, 1.807) is 0 Å². The van der Waals surface area contributed by atoms with Crippen molar-refractivity contribution in [2.24, 2.45) is 0 Å². The van der Waals surface area contributed by atoms with Gasteiger partial charge >= 0.3 is 10.4 Å². The zero-order valence-electron chi connectivity index (χ0n) is 17.8. The first-order valence-electron chi connectivity index (χ1n) is 11.2. The van der Waals surface area contributed by atoms with E-state index in [0.717, 1.165) is 12.8 Å². The molecule has 28 heavy (non-hydrogen) atoms. The van der Waals surface area contributed by atoms with Crippen LogP contribution in [-0.4, -0.2) is 39.1 Å². The fraction of sp³-hybridized carbons (Fsp3) is 0.952. The highest BCUT2D eigenvalue weighted by Gasteiger charge is 2.11. The van der Waals surface area contributed by atoms with Crippen LogP contribution in [0.25, 0.3) is 0 Å². The summed E-state index contributed by atoms with van der Waals surface area (Å²) in [6.45, 7) is 1.47. The SMILES string of the molecule is CCCCCCCCCCCCCCCC(=O)CCCOS(=O)(=O)OCCO. The van der Waals surface area contributed by atoms with Crippen molar-refractivity contribution < 1.29 is 26.7 Å². The van der Waals surface area contributed by atoms with Crippen LogP contribution >= 0.6 is 0 Å². The molecule has 0 unspecified atom stereocenters. The van der Waals surface area contributed by atoms with Crippen LogP contribution in [0.2, 0.25) is 0 Å². The summed E-state index contributed by atoms with van der Waals surface area (Å²) < 4.78 is 31.3. The lowest BCUT2D eigenvalue weighted by atomic mass is 10.0. The molecule has 0 saturated carbocycles. The molecular formula is C21H42O6S. The van der Waals surface area contributed by atoms with Gasteiger partial charge in [-0.15, -0.1) is 0 Å². The normalized spacial score (nSPS) is 11.8. The summed E-state index contributed by atoms with van der Waals surface area (Å²) in [4.78, 5) is 11.8. The maximum atomic E-state index is 11.8. The molecule has 0 bridgehead atoms. The lowest BCUT2D eigenvalue weighted by molar-refractivity contribution is -0.119. The molecule has 168 valence electrons. The van der Waals surface area contributed by atoms with Crippen molar-refractivity contribution in [3.05, 3.63) is 0 Å². The van der Waals surface area contributed by atoms with Crippen LogP contribution in [0.1, 0.15) is 110 Å². The topological polar surface area (TPSA) is 89.9 Å². The Labute approximate surface area is 172 Å². The minimum Gasteiger partial charge on any atom is -0.394 e. The molecule has 0 saturated heterocycles. The summed E-state index contributed by atoms with van der Waals surface area (Å²) in [5, 5.41) is 8.50. The maximum Gasteiger partial charge on any atom is 0.399 e. The van der Waals surface area contributed by atoms with Gasteiger partial charge in [0, 0.05) is 12.8 Å². The minimum absolute atomic E-state index is 0.0713. The molecule has 7 heteroatoms. The molecule has 0 atom stereocenters. The van der Waals surface area contributed by atoms with E-state index in [-0.39, 0.29) is 25.6 Å². The van der Waals surface area contributed by atoms with Gasteiger partial charge in [0.15, 0.2) is 0 Å². The molecule has 0 aliphatic rings. The van der Waals surface area contributed by atoms with E-state index < -0.39 is 10.4 Å². The number of rotatable bonds is 22. The second-order valence-electron chi connectivity index (χ2n) is 7.41. The maximum absolute atomic E-state index is 11.8. The first kappa shape index (κ1) is 27.5. The summed E-state index contributed by atoms with van der Waals surface area (Å²) in [5.41, 5.74) is 0. The lowest BCUT2D eigenvalue weighted by Crippen LogP contribution is -2.14. The van der Waals surface area contributed by atoms with Crippen molar-refractivity contribution in [1.29, 1.82) is 0 Å². The lowest BCUT2D eigenvalue weighted by Gasteiger charge is -2.05. The second kappa shape index (κ2) is 19.8. The zero-order chi connectivity index (χ0) is 20.9. The van der Waals surface area contributed by atoms with E-state index in [1.165, 1.54) is 70.6 Å². The molecule has 0 aromatic heterocycles. The number of aliphatic hydroxyl groups excluding tert-OH is 1. The first-order chi connectivity index (χ1) is 13.5. The van der Waals surface area contributed by atoms with Crippen molar-refractivity contribution in [2.75, 3.05) is 19.8 Å². The Morgan fingerprint density at radius 2 is 1.11 bits per heavy atom. The third kappa shape index (κ3) is 20.2. The molecule has 1 N–H and O–H groups in total. The Kier molecular flexibility index (Phi) is 19.4. The number of carbonyl (C=O) groups excluding carboxylic acids is 1. The van der Waals surface area contributed by atoms with Crippen molar-refractivity contribution in [3.63, 3.8) is 0 Å². The average Bonchev–Trinajstić information content (AvgIpc) is 2.67. The predicted molar refractivity (Wildman–Crippen MR) is 112 cm³/mol. The van der Waals surface area contributed by atoms with Gasteiger partial charge in [-0.1, -0.05) is 84.0 Å². The Hall–Kier alpha value is -0.500. The fourth-order valence-corrected chi connectivity index (χ4v) is 3.74. The molecule has 6 nitrogen and oxygen atoms in total. The first-order valence-corrected chi connectivity index (χ1v) is 12.5. The summed E-state index contributed by atoms with van der Waals surface area (Å²) in [5.74, 6) is 0.153. The number of hydrogen-bond acceptors (Lipinski definition) is 6. The van der Waals surface area contributed by atoms with Gasteiger partial charge < -0.3 is 5.11 Å². The number of hydrogen-bond donors (Lipinski definition) is 1.